The van der Waals surface area contributed by atoms with Crippen LogP contribution in [0.5, 0.6) is 0 Å². The topological polar surface area (TPSA) is 26.3 Å². The standard InChI is InChI=1S/C16H22O2/c1-4-18-16(14-7-8-14)15(17)10-13-6-5-11(2)12(3)9-13/h5-6,9,14,16H,4,7-8,10H2,1-3H3. The van der Waals surface area contributed by atoms with Gasteiger partial charge in [-0.3, -0.25) is 4.79 Å². The lowest BCUT2D eigenvalue weighted by molar-refractivity contribution is -0.130. The number of rotatable bonds is 6. The van der Waals surface area contributed by atoms with Crippen LogP contribution in [0.15, 0.2) is 18.2 Å². The Balaban J connectivity index is 2.02. The summed E-state index contributed by atoms with van der Waals surface area (Å²) in [5.41, 5.74) is 3.63. The Bertz CT molecular complexity index is 433. The molecule has 0 spiro atoms. The predicted octanol–water partition coefficient (Wildman–Crippen LogP) is 3.23. The molecule has 0 amide bonds. The van der Waals surface area contributed by atoms with E-state index in [1.54, 1.807) is 0 Å². The summed E-state index contributed by atoms with van der Waals surface area (Å²) < 4.78 is 5.60. The molecule has 1 aliphatic rings. The highest BCUT2D eigenvalue weighted by atomic mass is 16.5. The minimum Gasteiger partial charge on any atom is -0.370 e. The van der Waals surface area contributed by atoms with Crippen molar-refractivity contribution in [1.29, 1.82) is 0 Å². The molecule has 0 aliphatic heterocycles. The molecule has 0 N–H and O–H groups in total. The molecule has 0 heterocycles. The van der Waals surface area contributed by atoms with Gasteiger partial charge in [0, 0.05) is 13.0 Å². The van der Waals surface area contributed by atoms with Crippen LogP contribution < -0.4 is 0 Å². The number of Topliss-reactive ketones (excluding diaryl/α,β-unsaturated/α-hetero) is 1. The molecule has 0 saturated heterocycles. The number of ketones is 1. The van der Waals surface area contributed by atoms with Crippen LogP contribution in [0, 0.1) is 19.8 Å². The molecule has 1 fully saturated rings. The van der Waals surface area contributed by atoms with Crippen LogP contribution in [-0.2, 0) is 16.0 Å². The first-order chi connectivity index (χ1) is 8.61. The normalized spacial score (nSPS) is 16.6. The molecule has 98 valence electrons. The Morgan fingerprint density at radius 3 is 2.61 bits per heavy atom. The van der Waals surface area contributed by atoms with Crippen molar-refractivity contribution in [3.8, 4) is 0 Å². The van der Waals surface area contributed by atoms with Crippen LogP contribution in [0.3, 0.4) is 0 Å². The van der Waals surface area contributed by atoms with Gasteiger partial charge < -0.3 is 4.74 Å². The van der Waals surface area contributed by atoms with Crippen LogP contribution in [0.2, 0.25) is 0 Å². The minimum absolute atomic E-state index is 0.170. The largest absolute Gasteiger partial charge is 0.370 e. The zero-order valence-corrected chi connectivity index (χ0v) is 11.5. The lowest BCUT2D eigenvalue weighted by atomic mass is 9.99. The fraction of sp³-hybridized carbons (Fsp3) is 0.562. The highest BCUT2D eigenvalue weighted by molar-refractivity contribution is 5.85. The third kappa shape index (κ3) is 3.20. The Labute approximate surface area is 109 Å². The van der Waals surface area contributed by atoms with Crippen molar-refractivity contribution >= 4 is 5.78 Å². The van der Waals surface area contributed by atoms with Gasteiger partial charge in [0.05, 0.1) is 0 Å². The summed E-state index contributed by atoms with van der Waals surface area (Å²) >= 11 is 0. The van der Waals surface area contributed by atoms with Gasteiger partial charge >= 0.3 is 0 Å². The van der Waals surface area contributed by atoms with Crippen LogP contribution in [0.4, 0.5) is 0 Å². The molecule has 0 bridgehead atoms. The molecule has 0 radical (unpaired) electrons. The van der Waals surface area contributed by atoms with Crippen LogP contribution >= 0.6 is 0 Å². The van der Waals surface area contributed by atoms with E-state index in [9.17, 15) is 4.79 Å². The van der Waals surface area contributed by atoms with E-state index in [4.69, 9.17) is 4.74 Å². The minimum atomic E-state index is -0.170. The number of hydrogen-bond donors (Lipinski definition) is 0. The zero-order valence-electron chi connectivity index (χ0n) is 11.5. The zero-order chi connectivity index (χ0) is 13.1. The highest BCUT2D eigenvalue weighted by Crippen LogP contribution is 2.35. The molecule has 2 heteroatoms. The number of benzene rings is 1. The Morgan fingerprint density at radius 1 is 1.33 bits per heavy atom. The maximum absolute atomic E-state index is 12.3. The molecule has 1 saturated carbocycles. The quantitative estimate of drug-likeness (QED) is 0.770. The Morgan fingerprint density at radius 2 is 2.06 bits per heavy atom. The molecule has 1 atom stereocenters. The summed E-state index contributed by atoms with van der Waals surface area (Å²) in [5.74, 6) is 0.714. The second-order valence-electron chi connectivity index (χ2n) is 5.28. The van der Waals surface area contributed by atoms with Crippen molar-refractivity contribution in [2.45, 2.75) is 46.1 Å². The second-order valence-corrected chi connectivity index (χ2v) is 5.28. The summed E-state index contributed by atoms with van der Waals surface area (Å²) in [4.78, 5) is 12.3. The van der Waals surface area contributed by atoms with Gasteiger partial charge in [0.1, 0.15) is 6.10 Å². The van der Waals surface area contributed by atoms with Crippen LogP contribution in [0.1, 0.15) is 36.5 Å². The van der Waals surface area contributed by atoms with Crippen molar-refractivity contribution in [2.24, 2.45) is 5.92 Å². The van der Waals surface area contributed by atoms with Gasteiger partial charge in [0.25, 0.3) is 0 Å². The van der Waals surface area contributed by atoms with E-state index in [-0.39, 0.29) is 11.9 Å². The lowest BCUT2D eigenvalue weighted by Gasteiger charge is -2.15. The predicted molar refractivity (Wildman–Crippen MR) is 72.8 cm³/mol. The van der Waals surface area contributed by atoms with Crippen molar-refractivity contribution < 1.29 is 9.53 Å². The number of carbonyl (C=O) groups is 1. The highest BCUT2D eigenvalue weighted by Gasteiger charge is 2.36. The number of carbonyl (C=O) groups excluding carboxylic acids is 1. The summed E-state index contributed by atoms with van der Waals surface area (Å²) in [6, 6.07) is 6.25. The van der Waals surface area contributed by atoms with Gasteiger partial charge in [-0.2, -0.15) is 0 Å². The average molecular weight is 246 g/mol. The summed E-state index contributed by atoms with van der Waals surface area (Å²) in [6.45, 7) is 6.76. The molecule has 1 unspecified atom stereocenters. The summed E-state index contributed by atoms with van der Waals surface area (Å²) in [7, 11) is 0. The van der Waals surface area contributed by atoms with Crippen LogP contribution in [-0.4, -0.2) is 18.5 Å². The third-order valence-corrected chi connectivity index (χ3v) is 3.66. The van der Waals surface area contributed by atoms with Crippen LogP contribution in [0.25, 0.3) is 0 Å². The fourth-order valence-corrected chi connectivity index (χ4v) is 2.29. The van der Waals surface area contributed by atoms with Gasteiger partial charge in [-0.1, -0.05) is 18.2 Å². The Kier molecular flexibility index (Phi) is 4.18. The molecular formula is C16H22O2. The van der Waals surface area contributed by atoms with Crippen molar-refractivity contribution in [1.82, 2.24) is 0 Å². The van der Waals surface area contributed by atoms with E-state index in [1.807, 2.05) is 6.92 Å². The average Bonchev–Trinajstić information content (AvgIpc) is 3.15. The molecular weight excluding hydrogens is 224 g/mol. The second kappa shape index (κ2) is 5.66. The SMILES string of the molecule is CCOC(C(=O)Cc1ccc(C)c(C)c1)C1CC1. The molecule has 2 rings (SSSR count). The van der Waals surface area contributed by atoms with E-state index in [1.165, 1.54) is 11.1 Å². The van der Waals surface area contributed by atoms with Gasteiger partial charge in [-0.25, -0.2) is 0 Å². The molecule has 1 aromatic carbocycles. The molecule has 1 aromatic rings. The van der Waals surface area contributed by atoms with Gasteiger partial charge in [-0.05, 0) is 56.2 Å². The van der Waals surface area contributed by atoms with E-state index >= 15 is 0 Å². The molecule has 0 aromatic heterocycles. The molecule has 1 aliphatic carbocycles. The van der Waals surface area contributed by atoms with E-state index in [0.717, 1.165) is 18.4 Å². The van der Waals surface area contributed by atoms with E-state index < -0.39 is 0 Å². The first-order valence-electron chi connectivity index (χ1n) is 6.82. The monoisotopic (exact) mass is 246 g/mol. The number of aryl methyl sites for hydroxylation is 2. The van der Waals surface area contributed by atoms with Gasteiger partial charge in [0.15, 0.2) is 5.78 Å². The third-order valence-electron chi connectivity index (χ3n) is 3.66. The summed E-state index contributed by atoms with van der Waals surface area (Å²) in [5, 5.41) is 0. The smallest absolute Gasteiger partial charge is 0.166 e. The fourth-order valence-electron chi connectivity index (χ4n) is 2.29. The lowest BCUT2D eigenvalue weighted by Crippen LogP contribution is -2.28. The number of hydrogen-bond acceptors (Lipinski definition) is 2. The van der Waals surface area contributed by atoms with Crippen molar-refractivity contribution in [3.05, 3.63) is 34.9 Å². The molecule has 18 heavy (non-hydrogen) atoms. The number of ether oxygens (including phenoxy) is 1. The van der Waals surface area contributed by atoms with Gasteiger partial charge in [-0.15, -0.1) is 0 Å². The maximum Gasteiger partial charge on any atom is 0.166 e. The van der Waals surface area contributed by atoms with Crippen molar-refractivity contribution in [3.63, 3.8) is 0 Å². The van der Waals surface area contributed by atoms with E-state index in [0.29, 0.717) is 18.9 Å². The first-order valence-corrected chi connectivity index (χ1v) is 6.82. The Hall–Kier alpha value is -1.15. The van der Waals surface area contributed by atoms with E-state index in [2.05, 4.69) is 32.0 Å². The van der Waals surface area contributed by atoms with Crippen molar-refractivity contribution in [2.75, 3.05) is 6.61 Å². The van der Waals surface area contributed by atoms with Gasteiger partial charge in [0.2, 0.25) is 0 Å². The first kappa shape index (κ1) is 13.3. The summed E-state index contributed by atoms with van der Waals surface area (Å²) in [6.07, 6.45) is 2.62. The molecule has 2 nitrogen and oxygen atoms in total. The maximum atomic E-state index is 12.3.